The Morgan fingerprint density at radius 3 is 2.50 bits per heavy atom. The maximum absolute atomic E-state index is 10.2. The molecule has 2 rings (SSSR count). The van der Waals surface area contributed by atoms with E-state index in [4.69, 9.17) is 10.5 Å². The van der Waals surface area contributed by atoms with Gasteiger partial charge < -0.3 is 15.6 Å². The van der Waals surface area contributed by atoms with Crippen LogP contribution < -0.4 is 10.5 Å². The molecule has 88 valence electrons. The van der Waals surface area contributed by atoms with Gasteiger partial charge in [-0.1, -0.05) is 6.07 Å². The van der Waals surface area contributed by atoms with Crippen molar-refractivity contribution >= 4 is 0 Å². The van der Waals surface area contributed by atoms with Crippen molar-refractivity contribution in [1.82, 2.24) is 0 Å². The number of aromatic hydroxyl groups is 1. The van der Waals surface area contributed by atoms with Gasteiger partial charge in [0.15, 0.2) is 0 Å². The second-order valence-electron chi connectivity index (χ2n) is 4.75. The van der Waals surface area contributed by atoms with Crippen LogP contribution in [0.4, 0.5) is 0 Å². The summed E-state index contributed by atoms with van der Waals surface area (Å²) in [5.74, 6) is 1.09. The van der Waals surface area contributed by atoms with Crippen molar-refractivity contribution in [1.29, 1.82) is 0 Å². The van der Waals surface area contributed by atoms with E-state index in [-0.39, 0.29) is 11.5 Å². The maximum Gasteiger partial charge on any atom is 0.126 e. The Hall–Kier alpha value is -1.22. The summed E-state index contributed by atoms with van der Waals surface area (Å²) in [6, 6.07) is 3.82. The minimum atomic E-state index is -0.0819. The van der Waals surface area contributed by atoms with Gasteiger partial charge in [0.1, 0.15) is 11.5 Å². The van der Waals surface area contributed by atoms with Crippen molar-refractivity contribution in [3.8, 4) is 11.5 Å². The van der Waals surface area contributed by atoms with Crippen LogP contribution in [0.25, 0.3) is 0 Å². The number of nitrogens with two attached hydrogens (primary N) is 1. The van der Waals surface area contributed by atoms with E-state index < -0.39 is 0 Å². The van der Waals surface area contributed by atoms with Crippen LogP contribution >= 0.6 is 0 Å². The first-order chi connectivity index (χ1) is 7.53. The summed E-state index contributed by atoms with van der Waals surface area (Å²) >= 11 is 0. The van der Waals surface area contributed by atoms with Crippen LogP contribution in [0.5, 0.6) is 11.5 Å². The summed E-state index contributed by atoms with van der Waals surface area (Å²) in [5, 5.41) is 10.2. The Labute approximate surface area is 96.2 Å². The lowest BCUT2D eigenvalue weighted by atomic mass is 9.87. The number of ether oxygens (including phenoxy) is 1. The number of hydrogen-bond donors (Lipinski definition) is 2. The predicted octanol–water partition coefficient (Wildman–Crippen LogP) is 2.09. The minimum Gasteiger partial charge on any atom is -0.507 e. The van der Waals surface area contributed by atoms with Crippen LogP contribution in [-0.4, -0.2) is 18.3 Å². The van der Waals surface area contributed by atoms with Crippen LogP contribution in [0, 0.1) is 6.92 Å². The molecule has 0 aliphatic heterocycles. The highest BCUT2D eigenvalue weighted by molar-refractivity contribution is 5.56. The average Bonchev–Trinajstić information content (AvgIpc) is 3.03. The van der Waals surface area contributed by atoms with Gasteiger partial charge in [-0.2, -0.15) is 0 Å². The highest BCUT2D eigenvalue weighted by Crippen LogP contribution is 2.56. The quantitative estimate of drug-likeness (QED) is 0.821. The smallest absolute Gasteiger partial charge is 0.126 e. The lowest BCUT2D eigenvalue weighted by Gasteiger charge is -2.24. The molecule has 0 radical (unpaired) electrons. The number of phenols is 1. The molecular formula is C13H19NO2. The zero-order chi connectivity index (χ0) is 11.9. The minimum absolute atomic E-state index is 0.0362. The van der Waals surface area contributed by atoms with E-state index >= 15 is 0 Å². The molecule has 16 heavy (non-hydrogen) atoms. The van der Waals surface area contributed by atoms with Crippen LogP contribution in [-0.2, 0) is 5.41 Å². The second-order valence-corrected chi connectivity index (χ2v) is 4.75. The van der Waals surface area contributed by atoms with Gasteiger partial charge in [0.05, 0.1) is 7.11 Å². The molecule has 1 atom stereocenters. The highest BCUT2D eigenvalue weighted by atomic mass is 16.5. The first-order valence-electron chi connectivity index (χ1n) is 5.65. The number of methoxy groups -OCH3 is 1. The van der Waals surface area contributed by atoms with Crippen LogP contribution in [0.3, 0.4) is 0 Å². The number of hydrogen-bond acceptors (Lipinski definition) is 3. The van der Waals surface area contributed by atoms with Gasteiger partial charge in [0, 0.05) is 17.0 Å². The third-order valence-electron chi connectivity index (χ3n) is 3.72. The Morgan fingerprint density at radius 1 is 1.44 bits per heavy atom. The molecular weight excluding hydrogens is 202 g/mol. The molecule has 0 aromatic heterocycles. The van der Waals surface area contributed by atoms with E-state index in [0.29, 0.717) is 5.75 Å². The Morgan fingerprint density at radius 2 is 2.06 bits per heavy atom. The van der Waals surface area contributed by atoms with Gasteiger partial charge in [-0.25, -0.2) is 0 Å². The normalized spacial score (nSPS) is 19.2. The zero-order valence-corrected chi connectivity index (χ0v) is 10.1. The van der Waals surface area contributed by atoms with Crippen LogP contribution in [0.1, 0.15) is 30.9 Å². The van der Waals surface area contributed by atoms with Crippen molar-refractivity contribution in [3.63, 3.8) is 0 Å². The maximum atomic E-state index is 10.2. The van der Waals surface area contributed by atoms with Gasteiger partial charge in [0.25, 0.3) is 0 Å². The van der Waals surface area contributed by atoms with Crippen molar-refractivity contribution in [3.05, 3.63) is 23.3 Å². The van der Waals surface area contributed by atoms with Crippen LogP contribution in [0.2, 0.25) is 0 Å². The second kappa shape index (κ2) is 3.67. The summed E-state index contributed by atoms with van der Waals surface area (Å²) in [5.41, 5.74) is 7.73. The fourth-order valence-electron chi connectivity index (χ4n) is 2.40. The summed E-state index contributed by atoms with van der Waals surface area (Å²) in [4.78, 5) is 0. The Balaban J connectivity index is 2.58. The highest BCUT2D eigenvalue weighted by Gasteiger charge is 2.51. The zero-order valence-electron chi connectivity index (χ0n) is 10.1. The first kappa shape index (κ1) is 11.3. The van der Waals surface area contributed by atoms with E-state index in [9.17, 15) is 5.11 Å². The average molecular weight is 221 g/mol. The third kappa shape index (κ3) is 1.47. The van der Waals surface area contributed by atoms with Crippen molar-refractivity contribution in [2.75, 3.05) is 7.11 Å². The largest absolute Gasteiger partial charge is 0.507 e. The molecule has 0 spiro atoms. The van der Waals surface area contributed by atoms with E-state index in [1.54, 1.807) is 7.11 Å². The Bertz CT molecular complexity index is 409. The fourth-order valence-corrected chi connectivity index (χ4v) is 2.40. The van der Waals surface area contributed by atoms with E-state index in [1.165, 1.54) is 0 Å². The number of rotatable bonds is 3. The molecule has 0 amide bonds. The van der Waals surface area contributed by atoms with Gasteiger partial charge in [0.2, 0.25) is 0 Å². The molecule has 3 N–H and O–H groups in total. The molecule has 1 fully saturated rings. The predicted molar refractivity (Wildman–Crippen MR) is 64.0 cm³/mol. The molecule has 3 nitrogen and oxygen atoms in total. The van der Waals surface area contributed by atoms with Gasteiger partial charge in [-0.15, -0.1) is 0 Å². The standard InChI is InChI=1S/C13H19NO2/c1-8-4-5-10(16-3)11(12(8)15)13(6-7-13)9(2)14/h4-5,9,15H,6-7,14H2,1-3H3. The Kier molecular flexibility index (Phi) is 2.58. The van der Waals surface area contributed by atoms with Crippen molar-refractivity contribution in [2.45, 2.75) is 38.1 Å². The molecule has 0 bridgehead atoms. The molecule has 1 unspecified atom stereocenters. The summed E-state index contributed by atoms with van der Waals surface area (Å²) in [6.45, 7) is 3.89. The van der Waals surface area contributed by atoms with Gasteiger partial charge >= 0.3 is 0 Å². The molecule has 3 heteroatoms. The molecule has 1 saturated carbocycles. The topological polar surface area (TPSA) is 55.5 Å². The van der Waals surface area contributed by atoms with Gasteiger partial charge in [-0.05, 0) is 38.3 Å². The lowest BCUT2D eigenvalue weighted by molar-refractivity contribution is 0.382. The summed E-state index contributed by atoms with van der Waals surface area (Å²) in [6.07, 6.45) is 2.05. The molecule has 1 aliphatic carbocycles. The fraction of sp³-hybridized carbons (Fsp3) is 0.538. The molecule has 1 aromatic carbocycles. The summed E-state index contributed by atoms with van der Waals surface area (Å²) in [7, 11) is 1.63. The van der Waals surface area contributed by atoms with Crippen LogP contribution in [0.15, 0.2) is 12.1 Å². The lowest BCUT2D eigenvalue weighted by Crippen LogP contribution is -2.32. The molecule has 0 heterocycles. The van der Waals surface area contributed by atoms with E-state index in [1.807, 2.05) is 26.0 Å². The number of aryl methyl sites for hydroxylation is 1. The monoisotopic (exact) mass is 221 g/mol. The SMILES string of the molecule is COc1ccc(C)c(O)c1C1(C(C)N)CC1. The first-order valence-corrected chi connectivity index (χ1v) is 5.65. The van der Waals surface area contributed by atoms with Gasteiger partial charge in [-0.3, -0.25) is 0 Å². The van der Waals surface area contributed by atoms with Crippen molar-refractivity contribution in [2.24, 2.45) is 5.73 Å². The molecule has 1 aromatic rings. The number of benzene rings is 1. The summed E-state index contributed by atoms with van der Waals surface area (Å²) < 4.78 is 5.34. The van der Waals surface area contributed by atoms with Crippen molar-refractivity contribution < 1.29 is 9.84 Å². The molecule has 1 aliphatic rings. The number of phenolic OH excluding ortho intramolecular Hbond substituents is 1. The molecule has 0 saturated heterocycles. The third-order valence-corrected chi connectivity index (χ3v) is 3.72. The van der Waals surface area contributed by atoms with E-state index in [0.717, 1.165) is 29.7 Å². The van der Waals surface area contributed by atoms with E-state index in [2.05, 4.69) is 0 Å².